The van der Waals surface area contributed by atoms with E-state index in [1.165, 1.54) is 0 Å². The molecule has 0 radical (unpaired) electrons. The van der Waals surface area contributed by atoms with Gasteiger partial charge in [-0.25, -0.2) is 0 Å². The van der Waals surface area contributed by atoms with Crippen LogP contribution in [-0.4, -0.2) is 12.2 Å². The van der Waals surface area contributed by atoms with Gasteiger partial charge in [0.05, 0.1) is 11.6 Å². The van der Waals surface area contributed by atoms with Crippen molar-refractivity contribution in [3.05, 3.63) is 53.6 Å². The molecule has 0 saturated carbocycles. The summed E-state index contributed by atoms with van der Waals surface area (Å²) in [5.74, 6) is 0.240. The van der Waals surface area contributed by atoms with E-state index in [1.807, 2.05) is 43.1 Å². The summed E-state index contributed by atoms with van der Waals surface area (Å²) < 4.78 is 0. The van der Waals surface area contributed by atoms with E-state index in [9.17, 15) is 5.11 Å². The van der Waals surface area contributed by atoms with Gasteiger partial charge in [0.2, 0.25) is 0 Å². The second kappa shape index (κ2) is 4.80. The fraction of sp³-hybridized carbons (Fsp3) is 0.133. The number of nitrogens with zero attached hydrogens (tertiary/aromatic N) is 2. The molecule has 0 aliphatic rings. The van der Waals surface area contributed by atoms with Crippen molar-refractivity contribution >= 4 is 11.4 Å². The molecule has 0 heterocycles. The first-order valence-corrected chi connectivity index (χ1v) is 5.65. The second-order valence-electron chi connectivity index (χ2n) is 4.19. The number of nitriles is 1. The molecular formula is C15H14N2O. The highest BCUT2D eigenvalue weighted by Crippen LogP contribution is 2.27. The number of hydrogen-bond donors (Lipinski definition) is 1. The molecule has 3 heteroatoms. The van der Waals surface area contributed by atoms with Crippen LogP contribution in [0.3, 0.4) is 0 Å². The van der Waals surface area contributed by atoms with Gasteiger partial charge in [0.1, 0.15) is 5.75 Å². The number of aryl methyl sites for hydroxylation is 1. The highest BCUT2D eigenvalue weighted by molar-refractivity contribution is 5.65. The topological polar surface area (TPSA) is 47.3 Å². The van der Waals surface area contributed by atoms with E-state index in [0.29, 0.717) is 5.56 Å². The highest BCUT2D eigenvalue weighted by Gasteiger charge is 2.06. The number of aromatic hydroxyl groups is 1. The first-order chi connectivity index (χ1) is 8.61. The van der Waals surface area contributed by atoms with Gasteiger partial charge in [-0.05, 0) is 42.8 Å². The minimum absolute atomic E-state index is 0.240. The van der Waals surface area contributed by atoms with Crippen molar-refractivity contribution in [1.82, 2.24) is 0 Å². The van der Waals surface area contributed by atoms with Crippen LogP contribution < -0.4 is 4.90 Å². The van der Waals surface area contributed by atoms with Gasteiger partial charge in [0, 0.05) is 24.5 Å². The summed E-state index contributed by atoms with van der Waals surface area (Å²) in [4.78, 5) is 1.97. The van der Waals surface area contributed by atoms with Crippen LogP contribution in [0.4, 0.5) is 11.4 Å². The summed E-state index contributed by atoms with van der Waals surface area (Å²) in [5.41, 5.74) is 3.52. The normalized spacial score (nSPS) is 9.83. The van der Waals surface area contributed by atoms with Crippen molar-refractivity contribution in [2.45, 2.75) is 6.92 Å². The summed E-state index contributed by atoms with van der Waals surface area (Å²) in [6, 6.07) is 14.9. The maximum absolute atomic E-state index is 9.48. The molecule has 0 fully saturated rings. The van der Waals surface area contributed by atoms with Crippen molar-refractivity contribution in [3.8, 4) is 11.8 Å². The number of anilines is 2. The molecule has 0 aliphatic heterocycles. The van der Waals surface area contributed by atoms with Crippen LogP contribution in [-0.2, 0) is 0 Å². The molecule has 0 aliphatic carbocycles. The molecule has 2 aromatic carbocycles. The summed E-state index contributed by atoms with van der Waals surface area (Å²) in [6.45, 7) is 1.92. The molecule has 0 amide bonds. The lowest BCUT2D eigenvalue weighted by Crippen LogP contribution is -2.09. The second-order valence-corrected chi connectivity index (χ2v) is 4.19. The van der Waals surface area contributed by atoms with Crippen LogP contribution in [0, 0.1) is 18.3 Å². The van der Waals surface area contributed by atoms with Crippen LogP contribution in [0.25, 0.3) is 0 Å². The van der Waals surface area contributed by atoms with E-state index in [0.717, 1.165) is 16.9 Å². The number of benzene rings is 2. The number of hydrogen-bond acceptors (Lipinski definition) is 3. The third-order valence-corrected chi connectivity index (χ3v) is 2.93. The Bertz CT molecular complexity index is 614. The van der Waals surface area contributed by atoms with Crippen molar-refractivity contribution in [3.63, 3.8) is 0 Å². The van der Waals surface area contributed by atoms with E-state index in [-0.39, 0.29) is 5.75 Å². The number of phenolic OH excluding ortho intramolecular Hbond substituents is 1. The lowest BCUT2D eigenvalue weighted by Gasteiger charge is -2.20. The average molecular weight is 238 g/mol. The Kier molecular flexibility index (Phi) is 3.20. The van der Waals surface area contributed by atoms with Crippen LogP contribution in [0.2, 0.25) is 0 Å². The molecule has 0 unspecified atom stereocenters. The van der Waals surface area contributed by atoms with E-state index >= 15 is 0 Å². The van der Waals surface area contributed by atoms with Gasteiger partial charge in [-0.3, -0.25) is 0 Å². The van der Waals surface area contributed by atoms with E-state index in [4.69, 9.17) is 5.26 Å². The Morgan fingerprint density at radius 2 is 1.83 bits per heavy atom. The van der Waals surface area contributed by atoms with Gasteiger partial charge in [-0.1, -0.05) is 6.07 Å². The largest absolute Gasteiger partial charge is 0.508 e. The highest BCUT2D eigenvalue weighted by atomic mass is 16.3. The molecule has 3 nitrogen and oxygen atoms in total. The standard InChI is InChI=1S/C15H14N2O/c1-11-8-14(7-6-12(11)10-16)17(2)13-4-3-5-15(18)9-13/h3-9,18H,1-2H3. The quantitative estimate of drug-likeness (QED) is 0.872. The molecule has 1 N–H and O–H groups in total. The molecule has 2 rings (SSSR count). The summed E-state index contributed by atoms with van der Waals surface area (Å²) in [5, 5.41) is 18.4. The zero-order chi connectivity index (χ0) is 13.1. The van der Waals surface area contributed by atoms with Gasteiger partial charge in [-0.2, -0.15) is 5.26 Å². The van der Waals surface area contributed by atoms with Gasteiger partial charge in [0.25, 0.3) is 0 Å². The Morgan fingerprint density at radius 1 is 1.11 bits per heavy atom. The van der Waals surface area contributed by atoms with Crippen molar-refractivity contribution in [2.75, 3.05) is 11.9 Å². The minimum atomic E-state index is 0.240. The van der Waals surface area contributed by atoms with E-state index < -0.39 is 0 Å². The van der Waals surface area contributed by atoms with Crippen LogP contribution >= 0.6 is 0 Å². The zero-order valence-corrected chi connectivity index (χ0v) is 10.4. The van der Waals surface area contributed by atoms with Crippen molar-refractivity contribution in [2.24, 2.45) is 0 Å². The smallest absolute Gasteiger partial charge is 0.117 e. The first-order valence-electron chi connectivity index (χ1n) is 5.65. The summed E-state index contributed by atoms with van der Waals surface area (Å²) in [6.07, 6.45) is 0. The zero-order valence-electron chi connectivity index (χ0n) is 10.4. The van der Waals surface area contributed by atoms with Crippen LogP contribution in [0.5, 0.6) is 5.75 Å². The average Bonchev–Trinajstić information content (AvgIpc) is 2.37. The maximum Gasteiger partial charge on any atom is 0.117 e. The third-order valence-electron chi connectivity index (χ3n) is 2.93. The van der Waals surface area contributed by atoms with E-state index in [2.05, 4.69) is 6.07 Å². The van der Waals surface area contributed by atoms with Gasteiger partial charge in [-0.15, -0.1) is 0 Å². The third kappa shape index (κ3) is 2.28. The lowest BCUT2D eigenvalue weighted by molar-refractivity contribution is 0.475. The minimum Gasteiger partial charge on any atom is -0.508 e. The molecule has 0 saturated heterocycles. The molecular weight excluding hydrogens is 224 g/mol. The monoisotopic (exact) mass is 238 g/mol. The molecule has 0 aromatic heterocycles. The predicted molar refractivity (Wildman–Crippen MR) is 72.1 cm³/mol. The summed E-state index contributed by atoms with van der Waals surface area (Å²) in [7, 11) is 1.93. The molecule has 18 heavy (non-hydrogen) atoms. The Morgan fingerprint density at radius 3 is 2.44 bits per heavy atom. The van der Waals surface area contributed by atoms with Crippen LogP contribution in [0.1, 0.15) is 11.1 Å². The van der Waals surface area contributed by atoms with Gasteiger partial charge in [0.15, 0.2) is 0 Å². The molecule has 0 spiro atoms. The predicted octanol–water partition coefficient (Wildman–Crippen LogP) is 3.34. The number of phenols is 1. The van der Waals surface area contributed by atoms with Crippen molar-refractivity contribution < 1.29 is 5.11 Å². The Balaban J connectivity index is 2.38. The van der Waals surface area contributed by atoms with Gasteiger partial charge < -0.3 is 10.0 Å². The first kappa shape index (κ1) is 12.0. The number of rotatable bonds is 2. The van der Waals surface area contributed by atoms with E-state index in [1.54, 1.807) is 18.2 Å². The fourth-order valence-electron chi connectivity index (χ4n) is 1.83. The molecule has 2 aromatic rings. The van der Waals surface area contributed by atoms with Crippen LogP contribution in [0.15, 0.2) is 42.5 Å². The molecule has 90 valence electrons. The van der Waals surface area contributed by atoms with Crippen molar-refractivity contribution in [1.29, 1.82) is 5.26 Å². The molecule has 0 atom stereocenters. The maximum atomic E-state index is 9.48. The lowest BCUT2D eigenvalue weighted by atomic mass is 10.1. The van der Waals surface area contributed by atoms with Gasteiger partial charge >= 0.3 is 0 Å². The summed E-state index contributed by atoms with van der Waals surface area (Å²) >= 11 is 0. The Labute approximate surface area is 107 Å². The SMILES string of the molecule is Cc1cc(N(C)c2cccc(O)c2)ccc1C#N. The molecule has 0 bridgehead atoms. The Hall–Kier alpha value is -2.47. The fourth-order valence-corrected chi connectivity index (χ4v) is 1.83.